The van der Waals surface area contributed by atoms with Crippen molar-refractivity contribution in [3.63, 3.8) is 0 Å². The summed E-state index contributed by atoms with van der Waals surface area (Å²) >= 11 is 4.72. The van der Waals surface area contributed by atoms with Gasteiger partial charge in [-0.15, -0.1) is 10.2 Å². The van der Waals surface area contributed by atoms with Gasteiger partial charge in [0.2, 0.25) is 4.73 Å². The Balaban J connectivity index is 1.98. The van der Waals surface area contributed by atoms with E-state index in [0.29, 0.717) is 9.89 Å². The second-order valence-corrected chi connectivity index (χ2v) is 8.81. The van der Waals surface area contributed by atoms with Crippen molar-refractivity contribution in [1.29, 1.82) is 0 Å². The third-order valence-electron chi connectivity index (χ3n) is 4.19. The first-order valence-corrected chi connectivity index (χ1v) is 9.94. The number of fused-ring (bicyclic) bond motifs is 1. The summed E-state index contributed by atoms with van der Waals surface area (Å²) in [6.07, 6.45) is -0.193. The lowest BCUT2D eigenvalue weighted by molar-refractivity contribution is -0.138. The van der Waals surface area contributed by atoms with Gasteiger partial charge in [0, 0.05) is 11.8 Å². The molecule has 1 aromatic heterocycles. The third-order valence-corrected chi connectivity index (χ3v) is 5.88. The number of carboxylic acids is 1. The molecule has 8 heteroatoms. The molecule has 3 rings (SSSR count). The van der Waals surface area contributed by atoms with Crippen molar-refractivity contribution >= 4 is 50.2 Å². The van der Waals surface area contributed by atoms with Crippen LogP contribution in [-0.2, 0) is 9.59 Å². The Kier molecular flexibility index (Phi) is 5.67. The molecule has 6 nitrogen and oxygen atoms in total. The van der Waals surface area contributed by atoms with Gasteiger partial charge in [0.1, 0.15) is 5.78 Å². The lowest BCUT2D eigenvalue weighted by Crippen LogP contribution is -2.28. The number of carbonyl (C=O) groups is 2. The van der Waals surface area contributed by atoms with Gasteiger partial charge < -0.3 is 5.11 Å². The van der Waals surface area contributed by atoms with E-state index in [1.165, 1.54) is 11.8 Å². The highest BCUT2D eigenvalue weighted by molar-refractivity contribution is 9.10. The number of Topliss-reactive ketones (excluding diaryl/α,β-unsaturated/α-hetero) is 1. The van der Waals surface area contributed by atoms with Crippen molar-refractivity contribution in [3.05, 3.63) is 47.2 Å². The zero-order valence-corrected chi connectivity index (χ0v) is 17.2. The van der Waals surface area contributed by atoms with E-state index in [0.717, 1.165) is 16.5 Å². The molecule has 0 aliphatic carbocycles. The zero-order chi connectivity index (χ0) is 19.6. The third kappa shape index (κ3) is 4.22. The maximum Gasteiger partial charge on any atom is 0.303 e. The summed E-state index contributed by atoms with van der Waals surface area (Å²) in [6.45, 7) is 3.55. The van der Waals surface area contributed by atoms with Crippen molar-refractivity contribution < 1.29 is 14.7 Å². The summed E-state index contributed by atoms with van der Waals surface area (Å²) in [5.41, 5.74) is 0.904. The first kappa shape index (κ1) is 19.6. The van der Waals surface area contributed by atoms with Crippen LogP contribution in [0.2, 0.25) is 0 Å². The number of halogens is 1. The van der Waals surface area contributed by atoms with E-state index in [1.807, 2.05) is 47.0 Å². The lowest BCUT2D eigenvalue weighted by atomic mass is 10.0. The Morgan fingerprint density at radius 3 is 2.56 bits per heavy atom. The molecule has 0 bridgehead atoms. The highest BCUT2D eigenvalue weighted by atomic mass is 79.9. The predicted octanol–water partition coefficient (Wildman–Crippen LogP) is 4.49. The minimum atomic E-state index is -0.981. The van der Waals surface area contributed by atoms with Crippen LogP contribution in [0.1, 0.15) is 26.7 Å². The van der Waals surface area contributed by atoms with E-state index >= 15 is 0 Å². The van der Waals surface area contributed by atoms with Crippen LogP contribution in [0.5, 0.6) is 0 Å². The normalized spacial score (nSPS) is 11.7. The van der Waals surface area contributed by atoms with Gasteiger partial charge in [0.25, 0.3) is 0 Å². The van der Waals surface area contributed by atoms with Crippen molar-refractivity contribution in [2.75, 3.05) is 0 Å². The molecule has 0 radical (unpaired) electrons. The summed E-state index contributed by atoms with van der Waals surface area (Å²) in [5, 5.41) is 19.9. The number of hydrogen-bond donors (Lipinski definition) is 1. The van der Waals surface area contributed by atoms with Crippen molar-refractivity contribution in [1.82, 2.24) is 14.8 Å². The Bertz CT molecular complexity index is 1010. The standard InChI is InChI=1S/C19H18BrN3O3S/c1-19(2,15(24)10-11-16(25)26)27-18-22-21-17(20)23(18)14-9-5-7-12-6-3-4-8-13(12)14/h3-9H,10-11H2,1-2H3,(H,25,26). The number of aromatic nitrogens is 3. The van der Waals surface area contributed by atoms with E-state index in [2.05, 4.69) is 26.1 Å². The van der Waals surface area contributed by atoms with Crippen LogP contribution in [0.25, 0.3) is 16.5 Å². The minimum absolute atomic E-state index is 0.0150. The first-order valence-electron chi connectivity index (χ1n) is 8.33. The molecule has 0 saturated carbocycles. The fourth-order valence-corrected chi connectivity index (χ4v) is 4.32. The molecule has 140 valence electrons. The fourth-order valence-electron chi connectivity index (χ4n) is 2.73. The van der Waals surface area contributed by atoms with Crippen LogP contribution in [0, 0.1) is 0 Å². The molecule has 0 amide bonds. The first-order chi connectivity index (χ1) is 12.8. The summed E-state index contributed by atoms with van der Waals surface area (Å²) in [4.78, 5) is 23.3. The van der Waals surface area contributed by atoms with Crippen LogP contribution < -0.4 is 0 Å². The second-order valence-electron chi connectivity index (χ2n) is 6.51. The van der Waals surface area contributed by atoms with Crippen molar-refractivity contribution in [3.8, 4) is 5.69 Å². The van der Waals surface area contributed by atoms with Crippen LogP contribution in [0.15, 0.2) is 52.4 Å². The number of ketones is 1. The number of carbonyl (C=O) groups excluding carboxylic acids is 1. The summed E-state index contributed by atoms with van der Waals surface area (Å²) < 4.78 is 1.57. The molecule has 1 N–H and O–H groups in total. The molecule has 2 aromatic carbocycles. The topological polar surface area (TPSA) is 85.1 Å². The van der Waals surface area contributed by atoms with Gasteiger partial charge in [-0.2, -0.15) is 0 Å². The highest BCUT2D eigenvalue weighted by Gasteiger charge is 2.32. The van der Waals surface area contributed by atoms with Crippen LogP contribution in [0.3, 0.4) is 0 Å². The van der Waals surface area contributed by atoms with Gasteiger partial charge in [-0.1, -0.05) is 48.2 Å². The van der Waals surface area contributed by atoms with Crippen LogP contribution >= 0.6 is 27.7 Å². The molecule has 0 fully saturated rings. The Labute approximate surface area is 169 Å². The quantitative estimate of drug-likeness (QED) is 0.537. The van der Waals surface area contributed by atoms with Crippen molar-refractivity contribution in [2.24, 2.45) is 0 Å². The number of thioether (sulfide) groups is 1. The van der Waals surface area contributed by atoms with E-state index < -0.39 is 10.7 Å². The van der Waals surface area contributed by atoms with E-state index in [9.17, 15) is 9.59 Å². The molecule has 0 spiro atoms. The SMILES string of the molecule is CC(C)(Sc1nnc(Br)n1-c1cccc2ccccc12)C(=O)CCC(=O)O. The zero-order valence-electron chi connectivity index (χ0n) is 14.8. The minimum Gasteiger partial charge on any atom is -0.481 e. The molecule has 3 aromatic rings. The number of carboxylic acid groups (broad SMARTS) is 1. The number of hydrogen-bond acceptors (Lipinski definition) is 5. The Hall–Kier alpha value is -2.19. The van der Waals surface area contributed by atoms with Gasteiger partial charge >= 0.3 is 5.97 Å². The van der Waals surface area contributed by atoms with Gasteiger partial charge in [-0.25, -0.2) is 0 Å². The molecule has 0 atom stereocenters. The number of rotatable bonds is 7. The monoisotopic (exact) mass is 447 g/mol. The Morgan fingerprint density at radius 2 is 1.81 bits per heavy atom. The fraction of sp³-hybridized carbons (Fsp3) is 0.263. The molecular weight excluding hydrogens is 430 g/mol. The molecule has 0 saturated heterocycles. The van der Waals surface area contributed by atoms with E-state index in [-0.39, 0.29) is 18.6 Å². The van der Waals surface area contributed by atoms with Crippen LogP contribution in [0.4, 0.5) is 0 Å². The van der Waals surface area contributed by atoms with Crippen molar-refractivity contribution in [2.45, 2.75) is 36.6 Å². The predicted molar refractivity (Wildman–Crippen MR) is 108 cm³/mol. The largest absolute Gasteiger partial charge is 0.481 e. The number of benzene rings is 2. The molecule has 0 aliphatic rings. The number of nitrogens with zero attached hydrogens (tertiary/aromatic N) is 3. The van der Waals surface area contributed by atoms with Crippen LogP contribution in [-0.4, -0.2) is 36.4 Å². The average Bonchev–Trinajstić information content (AvgIpc) is 2.98. The maximum absolute atomic E-state index is 12.5. The summed E-state index contributed by atoms with van der Waals surface area (Å²) in [5.74, 6) is -1.12. The smallest absolute Gasteiger partial charge is 0.303 e. The molecule has 0 unspecified atom stereocenters. The molecule has 0 aliphatic heterocycles. The number of aliphatic carboxylic acids is 1. The van der Waals surface area contributed by atoms with Gasteiger partial charge in [-0.3, -0.25) is 14.2 Å². The second kappa shape index (κ2) is 7.82. The average molecular weight is 448 g/mol. The maximum atomic E-state index is 12.5. The van der Waals surface area contributed by atoms with Gasteiger partial charge in [-0.05, 0) is 41.2 Å². The van der Waals surface area contributed by atoms with E-state index in [1.54, 1.807) is 13.8 Å². The lowest BCUT2D eigenvalue weighted by Gasteiger charge is -2.22. The summed E-state index contributed by atoms with van der Waals surface area (Å²) in [6, 6.07) is 14.0. The van der Waals surface area contributed by atoms with Gasteiger partial charge in [0.05, 0.1) is 16.9 Å². The summed E-state index contributed by atoms with van der Waals surface area (Å²) in [7, 11) is 0. The molecule has 1 heterocycles. The Morgan fingerprint density at radius 1 is 1.11 bits per heavy atom. The molecular formula is C19H18BrN3O3S. The van der Waals surface area contributed by atoms with E-state index in [4.69, 9.17) is 5.11 Å². The molecule has 27 heavy (non-hydrogen) atoms. The highest BCUT2D eigenvalue weighted by Crippen LogP contribution is 2.37. The van der Waals surface area contributed by atoms with Gasteiger partial charge in [0.15, 0.2) is 5.16 Å².